The molecule has 5 heteroatoms. The Morgan fingerprint density at radius 2 is 2.19 bits per heavy atom. The Labute approximate surface area is 93.4 Å². The molecule has 0 unspecified atom stereocenters. The molecule has 0 radical (unpaired) electrons. The zero-order valence-corrected chi connectivity index (χ0v) is 9.27. The zero-order valence-electron chi connectivity index (χ0n) is 9.27. The van der Waals surface area contributed by atoms with E-state index in [9.17, 15) is 9.59 Å². The van der Waals surface area contributed by atoms with Crippen molar-refractivity contribution in [2.75, 3.05) is 0 Å². The van der Waals surface area contributed by atoms with Gasteiger partial charge in [-0.15, -0.1) is 0 Å². The minimum atomic E-state index is -1.02. The summed E-state index contributed by atoms with van der Waals surface area (Å²) in [5, 5.41) is 11.4. The number of carboxylic acid groups (broad SMARTS) is 1. The van der Waals surface area contributed by atoms with Crippen molar-refractivity contribution in [1.29, 1.82) is 0 Å². The fraction of sp³-hybridized carbons (Fsp3) is 0.455. The molecule has 5 nitrogen and oxygen atoms in total. The molecule has 1 atom stereocenters. The Morgan fingerprint density at radius 3 is 2.62 bits per heavy atom. The number of carbonyl (C=O) groups is 2. The number of hydrogen-bond acceptors (Lipinski definition) is 3. The molecular weight excluding hydrogens is 210 g/mol. The highest BCUT2D eigenvalue weighted by Crippen LogP contribution is 2.07. The van der Waals surface area contributed by atoms with Crippen molar-refractivity contribution < 1.29 is 19.1 Å². The molecule has 0 fully saturated rings. The van der Waals surface area contributed by atoms with E-state index in [2.05, 4.69) is 5.32 Å². The number of amides is 1. The Hall–Kier alpha value is -1.78. The molecule has 0 saturated heterocycles. The van der Waals surface area contributed by atoms with E-state index in [1.54, 1.807) is 0 Å². The molecule has 0 aromatic carbocycles. The molecule has 1 heterocycles. The smallest absolute Gasteiger partial charge is 0.326 e. The van der Waals surface area contributed by atoms with Gasteiger partial charge in [-0.25, -0.2) is 4.79 Å². The van der Waals surface area contributed by atoms with E-state index in [0.29, 0.717) is 12.0 Å². The Balaban J connectivity index is 2.62. The maximum absolute atomic E-state index is 11.6. The highest BCUT2D eigenvalue weighted by molar-refractivity contribution is 5.96. The number of rotatable bonds is 5. The Kier molecular flexibility index (Phi) is 4.10. The van der Waals surface area contributed by atoms with Crippen LogP contribution in [-0.2, 0) is 4.79 Å². The van der Waals surface area contributed by atoms with Crippen molar-refractivity contribution in [1.82, 2.24) is 5.32 Å². The molecule has 0 aliphatic rings. The monoisotopic (exact) mass is 225 g/mol. The summed E-state index contributed by atoms with van der Waals surface area (Å²) in [4.78, 5) is 22.5. The third-order valence-corrected chi connectivity index (χ3v) is 2.09. The highest BCUT2D eigenvalue weighted by Gasteiger charge is 2.21. The molecular formula is C11H15NO4. The standard InChI is InChI=1S/C11H15NO4/c1-7(2)5-9(11(14)15)12-10(13)8-3-4-16-6-8/h3-4,6-7,9H,5H2,1-2H3,(H,12,13)(H,14,15)/t9-/m0/s1. The van der Waals surface area contributed by atoms with Crippen molar-refractivity contribution in [2.24, 2.45) is 5.92 Å². The van der Waals surface area contributed by atoms with Crippen LogP contribution in [-0.4, -0.2) is 23.0 Å². The molecule has 16 heavy (non-hydrogen) atoms. The van der Waals surface area contributed by atoms with Gasteiger partial charge in [-0.3, -0.25) is 4.79 Å². The summed E-state index contributed by atoms with van der Waals surface area (Å²) in [7, 11) is 0. The maximum atomic E-state index is 11.6. The van der Waals surface area contributed by atoms with Crippen molar-refractivity contribution in [3.05, 3.63) is 24.2 Å². The predicted octanol–water partition coefficient (Wildman–Crippen LogP) is 1.51. The molecule has 88 valence electrons. The molecule has 1 rings (SSSR count). The topological polar surface area (TPSA) is 79.5 Å². The number of carboxylic acids is 1. The van der Waals surface area contributed by atoms with Crippen LogP contribution in [0.1, 0.15) is 30.6 Å². The van der Waals surface area contributed by atoms with Crippen LogP contribution in [0.2, 0.25) is 0 Å². The van der Waals surface area contributed by atoms with Crippen LogP contribution in [0.25, 0.3) is 0 Å². The van der Waals surface area contributed by atoms with Crippen LogP contribution in [0.5, 0.6) is 0 Å². The number of aliphatic carboxylic acids is 1. The van der Waals surface area contributed by atoms with Crippen LogP contribution in [0.3, 0.4) is 0 Å². The van der Waals surface area contributed by atoms with E-state index < -0.39 is 17.9 Å². The number of furan rings is 1. The molecule has 1 aromatic rings. The second kappa shape index (κ2) is 5.34. The fourth-order valence-corrected chi connectivity index (χ4v) is 1.33. The summed E-state index contributed by atoms with van der Waals surface area (Å²) in [5.41, 5.74) is 0.329. The molecule has 0 saturated carbocycles. The lowest BCUT2D eigenvalue weighted by Crippen LogP contribution is -2.41. The van der Waals surface area contributed by atoms with Gasteiger partial charge in [-0.05, 0) is 18.4 Å². The van der Waals surface area contributed by atoms with Gasteiger partial charge in [-0.2, -0.15) is 0 Å². The lowest BCUT2D eigenvalue weighted by molar-refractivity contribution is -0.139. The molecule has 1 aromatic heterocycles. The first kappa shape index (κ1) is 12.3. The zero-order chi connectivity index (χ0) is 12.1. The average Bonchev–Trinajstić information content (AvgIpc) is 2.68. The lowest BCUT2D eigenvalue weighted by atomic mass is 10.0. The first-order chi connectivity index (χ1) is 7.50. The summed E-state index contributed by atoms with van der Waals surface area (Å²) in [6.07, 6.45) is 3.05. The van der Waals surface area contributed by atoms with Gasteiger partial charge >= 0.3 is 5.97 Å². The summed E-state index contributed by atoms with van der Waals surface area (Å²) in [6.45, 7) is 3.81. The fourth-order valence-electron chi connectivity index (χ4n) is 1.33. The van der Waals surface area contributed by atoms with Gasteiger partial charge in [0.15, 0.2) is 0 Å². The summed E-state index contributed by atoms with van der Waals surface area (Å²) in [5.74, 6) is -1.25. The van der Waals surface area contributed by atoms with Gasteiger partial charge in [0.1, 0.15) is 12.3 Å². The van der Waals surface area contributed by atoms with E-state index in [4.69, 9.17) is 9.52 Å². The van der Waals surface area contributed by atoms with Crippen LogP contribution < -0.4 is 5.32 Å². The van der Waals surface area contributed by atoms with Gasteiger partial charge in [0.05, 0.1) is 11.8 Å². The van der Waals surface area contributed by atoms with Crippen LogP contribution in [0.4, 0.5) is 0 Å². The number of nitrogens with one attached hydrogen (secondary N) is 1. The van der Waals surface area contributed by atoms with Crippen molar-refractivity contribution in [3.63, 3.8) is 0 Å². The number of carbonyl (C=O) groups excluding carboxylic acids is 1. The minimum absolute atomic E-state index is 0.200. The molecule has 1 amide bonds. The van der Waals surface area contributed by atoms with E-state index in [-0.39, 0.29) is 5.92 Å². The maximum Gasteiger partial charge on any atom is 0.326 e. The van der Waals surface area contributed by atoms with Crippen molar-refractivity contribution in [3.8, 4) is 0 Å². The van der Waals surface area contributed by atoms with Crippen LogP contribution in [0.15, 0.2) is 23.0 Å². The number of hydrogen-bond donors (Lipinski definition) is 2. The molecule has 0 bridgehead atoms. The van der Waals surface area contributed by atoms with E-state index in [1.165, 1.54) is 18.6 Å². The third kappa shape index (κ3) is 3.42. The normalized spacial score (nSPS) is 12.4. The van der Waals surface area contributed by atoms with E-state index in [1.807, 2.05) is 13.8 Å². The van der Waals surface area contributed by atoms with Gasteiger partial charge in [0.2, 0.25) is 0 Å². The van der Waals surface area contributed by atoms with Gasteiger partial charge in [0.25, 0.3) is 5.91 Å². The quantitative estimate of drug-likeness (QED) is 0.796. The van der Waals surface area contributed by atoms with E-state index in [0.717, 1.165) is 0 Å². The summed E-state index contributed by atoms with van der Waals surface area (Å²) < 4.78 is 4.75. The second-order valence-corrected chi connectivity index (χ2v) is 4.01. The van der Waals surface area contributed by atoms with Crippen LogP contribution in [0, 0.1) is 5.92 Å². The lowest BCUT2D eigenvalue weighted by Gasteiger charge is -2.15. The van der Waals surface area contributed by atoms with Crippen LogP contribution >= 0.6 is 0 Å². The van der Waals surface area contributed by atoms with Crippen molar-refractivity contribution in [2.45, 2.75) is 26.3 Å². The summed E-state index contributed by atoms with van der Waals surface area (Å²) in [6, 6.07) is 0.631. The SMILES string of the molecule is CC(C)C[C@H](NC(=O)c1ccoc1)C(=O)O. The van der Waals surface area contributed by atoms with Crippen molar-refractivity contribution >= 4 is 11.9 Å². The van der Waals surface area contributed by atoms with Gasteiger partial charge in [0, 0.05) is 0 Å². The molecule has 0 aliphatic heterocycles. The molecule has 0 aliphatic carbocycles. The first-order valence-electron chi connectivity index (χ1n) is 5.06. The Bertz CT molecular complexity index is 356. The van der Waals surface area contributed by atoms with Gasteiger partial charge in [-0.1, -0.05) is 13.8 Å². The second-order valence-electron chi connectivity index (χ2n) is 4.01. The van der Waals surface area contributed by atoms with E-state index >= 15 is 0 Å². The average molecular weight is 225 g/mol. The minimum Gasteiger partial charge on any atom is -0.480 e. The third-order valence-electron chi connectivity index (χ3n) is 2.09. The first-order valence-corrected chi connectivity index (χ1v) is 5.06. The largest absolute Gasteiger partial charge is 0.480 e. The molecule has 0 spiro atoms. The Morgan fingerprint density at radius 1 is 1.50 bits per heavy atom. The molecule has 2 N–H and O–H groups in total. The highest BCUT2D eigenvalue weighted by atomic mass is 16.4. The summed E-state index contributed by atoms with van der Waals surface area (Å²) >= 11 is 0. The predicted molar refractivity (Wildman–Crippen MR) is 57.1 cm³/mol. The van der Waals surface area contributed by atoms with Gasteiger partial charge < -0.3 is 14.8 Å².